The van der Waals surface area contributed by atoms with E-state index in [0.717, 1.165) is 32.7 Å². The summed E-state index contributed by atoms with van der Waals surface area (Å²) in [6.07, 6.45) is 0. The summed E-state index contributed by atoms with van der Waals surface area (Å²) in [7, 11) is 3.63. The smallest absolute Gasteiger partial charge is 0.289 e. The summed E-state index contributed by atoms with van der Waals surface area (Å²) < 4.78 is 5.36. The molecule has 0 N–H and O–H groups in total. The van der Waals surface area contributed by atoms with Gasteiger partial charge in [-0.1, -0.05) is 48.2 Å². The van der Waals surface area contributed by atoms with Gasteiger partial charge in [-0.25, -0.2) is 0 Å². The van der Waals surface area contributed by atoms with Crippen LogP contribution in [0.5, 0.6) is 5.75 Å². The summed E-state index contributed by atoms with van der Waals surface area (Å²) in [4.78, 5) is 23.2. The number of thioether (sulfide) groups is 2. The maximum Gasteiger partial charge on any atom is 0.289 e. The van der Waals surface area contributed by atoms with Gasteiger partial charge in [-0.05, 0) is 48.2 Å². The van der Waals surface area contributed by atoms with Crippen LogP contribution < -0.4 is 14.5 Å². The summed E-state index contributed by atoms with van der Waals surface area (Å²) in [6.45, 7) is 0. The number of methoxy groups -OCH3 is 1. The number of nitrogens with zero attached hydrogens (tertiary/aromatic N) is 3. The molecule has 0 bridgehead atoms. The van der Waals surface area contributed by atoms with Crippen LogP contribution in [-0.2, 0) is 4.79 Å². The maximum absolute atomic E-state index is 13.0. The van der Waals surface area contributed by atoms with Gasteiger partial charge in [-0.15, -0.1) is 0 Å². The van der Waals surface area contributed by atoms with Crippen molar-refractivity contribution in [1.29, 1.82) is 0 Å². The molecule has 5 rings (SSSR count). The molecule has 0 radical (unpaired) electrons. The fourth-order valence-electron chi connectivity index (χ4n) is 3.50. The van der Waals surface area contributed by atoms with Crippen molar-refractivity contribution in [3.05, 3.63) is 88.8 Å². The molecule has 5 nitrogen and oxygen atoms in total. The third-order valence-corrected chi connectivity index (χ3v) is 7.43. The van der Waals surface area contributed by atoms with Crippen molar-refractivity contribution in [1.82, 2.24) is 0 Å². The fourth-order valence-corrected chi connectivity index (χ4v) is 5.78. The van der Waals surface area contributed by atoms with Crippen LogP contribution in [0.2, 0.25) is 0 Å². The molecule has 0 fully saturated rings. The first-order valence-corrected chi connectivity index (χ1v) is 11.3. The molecule has 2 aliphatic heterocycles. The van der Waals surface area contributed by atoms with Gasteiger partial charge in [-0.2, -0.15) is 4.99 Å². The first kappa shape index (κ1) is 19.8. The Bertz CT molecular complexity index is 1170. The van der Waals surface area contributed by atoms with E-state index in [2.05, 4.69) is 4.99 Å². The second-order valence-electron chi connectivity index (χ2n) is 6.94. The Labute approximate surface area is 189 Å². The number of rotatable bonds is 3. The molecule has 0 aliphatic carbocycles. The quantitative estimate of drug-likeness (QED) is 0.470. The molecule has 0 aromatic heterocycles. The van der Waals surface area contributed by atoms with Crippen LogP contribution in [-0.4, -0.2) is 25.2 Å². The normalized spacial score (nSPS) is 17.5. The lowest BCUT2D eigenvalue weighted by molar-refractivity contribution is -0.113. The molecule has 2 aliphatic rings. The first-order valence-electron chi connectivity index (χ1n) is 9.70. The standard InChI is InChI=1S/C24H19N3O2S2/c1-26-19-15-18(29-2)13-14-20(19)30-23(26)21-22(28)25-24(31-21)27(16-9-5-3-6-10-16)17-11-7-4-8-12-17/h3-15H,1-2H3/b23-21-. The van der Waals surface area contributed by atoms with E-state index < -0.39 is 0 Å². The Morgan fingerprint density at radius 3 is 2.16 bits per heavy atom. The van der Waals surface area contributed by atoms with Crippen LogP contribution in [0.1, 0.15) is 0 Å². The second-order valence-corrected chi connectivity index (χ2v) is 8.95. The Balaban J connectivity index is 1.52. The predicted octanol–water partition coefficient (Wildman–Crippen LogP) is 5.87. The van der Waals surface area contributed by atoms with Gasteiger partial charge < -0.3 is 9.64 Å². The van der Waals surface area contributed by atoms with Gasteiger partial charge in [0.05, 0.1) is 17.8 Å². The lowest BCUT2D eigenvalue weighted by Gasteiger charge is -2.24. The number of hydrogen-bond donors (Lipinski definition) is 0. The van der Waals surface area contributed by atoms with E-state index in [1.54, 1.807) is 18.9 Å². The number of aliphatic imine (C=N–C) groups is 1. The Hall–Kier alpha value is -3.16. The minimum atomic E-state index is -0.217. The summed E-state index contributed by atoms with van der Waals surface area (Å²) >= 11 is 3.00. The second kappa shape index (κ2) is 8.17. The average molecular weight is 446 g/mol. The Morgan fingerprint density at radius 1 is 0.903 bits per heavy atom. The number of carbonyl (C=O) groups is 1. The van der Waals surface area contributed by atoms with Crippen molar-refractivity contribution in [2.75, 3.05) is 24.0 Å². The maximum atomic E-state index is 13.0. The summed E-state index contributed by atoms with van der Waals surface area (Å²) in [5, 5.41) is 1.53. The van der Waals surface area contributed by atoms with Crippen LogP contribution in [0.15, 0.2) is 98.7 Å². The number of hydrogen-bond acceptors (Lipinski definition) is 6. The molecule has 31 heavy (non-hydrogen) atoms. The predicted molar refractivity (Wildman–Crippen MR) is 129 cm³/mol. The van der Waals surface area contributed by atoms with Gasteiger partial charge in [0.1, 0.15) is 10.7 Å². The first-order chi connectivity index (χ1) is 15.2. The van der Waals surface area contributed by atoms with Crippen LogP contribution in [0.4, 0.5) is 17.1 Å². The fraction of sp³-hybridized carbons (Fsp3) is 0.0833. The molecule has 154 valence electrons. The highest BCUT2D eigenvalue weighted by molar-refractivity contribution is 8.19. The van der Waals surface area contributed by atoms with Crippen molar-refractivity contribution in [2.24, 2.45) is 4.99 Å². The van der Waals surface area contributed by atoms with Crippen LogP contribution in [0.3, 0.4) is 0 Å². The molecular formula is C24H19N3O2S2. The molecule has 7 heteroatoms. The molecule has 0 saturated heterocycles. The summed E-state index contributed by atoms with van der Waals surface area (Å²) in [5.74, 6) is 0.574. The van der Waals surface area contributed by atoms with Gasteiger partial charge >= 0.3 is 0 Å². The molecule has 0 atom stereocenters. The van der Waals surface area contributed by atoms with Crippen molar-refractivity contribution in [2.45, 2.75) is 4.90 Å². The number of benzene rings is 3. The zero-order valence-electron chi connectivity index (χ0n) is 17.0. The number of amidine groups is 1. The van der Waals surface area contributed by atoms with E-state index in [-0.39, 0.29) is 5.91 Å². The average Bonchev–Trinajstić information content (AvgIpc) is 3.34. The molecule has 2 heterocycles. The number of anilines is 3. The largest absolute Gasteiger partial charge is 0.497 e. The third kappa shape index (κ3) is 3.60. The van der Waals surface area contributed by atoms with E-state index in [1.165, 1.54) is 11.8 Å². The molecular weight excluding hydrogens is 426 g/mol. The minimum absolute atomic E-state index is 0.217. The number of para-hydroxylation sites is 2. The van der Waals surface area contributed by atoms with Gasteiger partial charge in [0.25, 0.3) is 5.91 Å². The van der Waals surface area contributed by atoms with E-state index in [0.29, 0.717) is 10.1 Å². The highest BCUT2D eigenvalue weighted by Crippen LogP contribution is 2.50. The Morgan fingerprint density at radius 2 is 1.55 bits per heavy atom. The number of fused-ring (bicyclic) bond motifs is 1. The van der Waals surface area contributed by atoms with E-state index in [4.69, 9.17) is 4.74 Å². The highest BCUT2D eigenvalue weighted by Gasteiger charge is 2.35. The van der Waals surface area contributed by atoms with Crippen LogP contribution in [0, 0.1) is 0 Å². The van der Waals surface area contributed by atoms with Crippen molar-refractivity contribution in [3.63, 3.8) is 0 Å². The van der Waals surface area contributed by atoms with Gasteiger partial charge in [0.15, 0.2) is 5.17 Å². The lowest BCUT2D eigenvalue weighted by atomic mass is 10.2. The summed E-state index contributed by atoms with van der Waals surface area (Å²) in [6, 6.07) is 25.9. The molecule has 1 amide bonds. The highest BCUT2D eigenvalue weighted by atomic mass is 32.2. The van der Waals surface area contributed by atoms with Crippen LogP contribution >= 0.6 is 23.5 Å². The minimum Gasteiger partial charge on any atom is -0.497 e. The third-order valence-electron chi connectivity index (χ3n) is 5.04. The zero-order valence-corrected chi connectivity index (χ0v) is 18.6. The SMILES string of the molecule is COc1ccc2c(c1)N(C)/C(=C1/SC(N(c3ccccc3)c3ccccc3)=NC1=O)S2. The monoisotopic (exact) mass is 445 g/mol. The summed E-state index contributed by atoms with van der Waals surface area (Å²) in [5.41, 5.74) is 2.94. The number of ether oxygens (including phenoxy) is 1. The topological polar surface area (TPSA) is 45.1 Å². The Kier molecular flexibility index (Phi) is 5.21. The molecule has 3 aromatic rings. The van der Waals surface area contributed by atoms with Gasteiger partial charge in [-0.3, -0.25) is 9.69 Å². The lowest BCUT2D eigenvalue weighted by Crippen LogP contribution is -2.21. The van der Waals surface area contributed by atoms with E-state index in [9.17, 15) is 4.79 Å². The molecule has 0 spiro atoms. The van der Waals surface area contributed by atoms with E-state index in [1.807, 2.05) is 95.7 Å². The zero-order chi connectivity index (χ0) is 21.4. The molecule has 3 aromatic carbocycles. The van der Waals surface area contributed by atoms with E-state index >= 15 is 0 Å². The molecule has 0 saturated carbocycles. The van der Waals surface area contributed by atoms with Crippen LogP contribution in [0.25, 0.3) is 0 Å². The van der Waals surface area contributed by atoms with Gasteiger partial charge in [0.2, 0.25) is 0 Å². The molecule has 0 unspecified atom stereocenters. The van der Waals surface area contributed by atoms with Crippen molar-refractivity contribution < 1.29 is 9.53 Å². The van der Waals surface area contributed by atoms with Crippen molar-refractivity contribution >= 4 is 51.7 Å². The number of carbonyl (C=O) groups excluding carboxylic acids is 1. The van der Waals surface area contributed by atoms with Crippen molar-refractivity contribution in [3.8, 4) is 5.75 Å². The number of amides is 1. The van der Waals surface area contributed by atoms with Gasteiger partial charge in [0, 0.05) is 29.4 Å².